The average Bonchev–Trinajstić information content (AvgIpc) is 3.07. The van der Waals surface area contributed by atoms with Crippen molar-refractivity contribution in [2.24, 2.45) is 5.73 Å². The van der Waals surface area contributed by atoms with Gasteiger partial charge in [0, 0.05) is 46.3 Å². The fourth-order valence-corrected chi connectivity index (χ4v) is 4.45. The van der Waals surface area contributed by atoms with Crippen LogP contribution in [0, 0.1) is 0 Å². The number of nitrogens with zero attached hydrogens (tertiary/aromatic N) is 3. The first-order chi connectivity index (χ1) is 9.69. The molecule has 2 aromatic rings. The zero-order chi connectivity index (χ0) is 14.1. The third-order valence-electron chi connectivity index (χ3n) is 3.92. The number of hydrogen-bond acceptors (Lipinski definition) is 4. The highest BCUT2D eigenvalue weighted by molar-refractivity contribution is 9.10. The molecule has 0 aromatic carbocycles. The summed E-state index contributed by atoms with van der Waals surface area (Å²) in [6, 6.07) is 2.63. The first-order valence-electron chi connectivity index (χ1n) is 6.92. The van der Waals surface area contributed by atoms with Gasteiger partial charge in [-0.05, 0) is 28.4 Å². The maximum atomic E-state index is 6.41. The van der Waals surface area contributed by atoms with E-state index in [-0.39, 0.29) is 12.1 Å². The summed E-state index contributed by atoms with van der Waals surface area (Å²) in [6.45, 7) is 5.05. The molecule has 4 nitrogen and oxygen atoms in total. The van der Waals surface area contributed by atoms with Gasteiger partial charge in [0.1, 0.15) is 5.82 Å². The van der Waals surface area contributed by atoms with Gasteiger partial charge < -0.3 is 10.3 Å². The monoisotopic (exact) mass is 354 g/mol. The van der Waals surface area contributed by atoms with Gasteiger partial charge in [-0.25, -0.2) is 4.98 Å². The Kier molecular flexibility index (Phi) is 4.26. The first-order valence-corrected chi connectivity index (χ1v) is 8.60. The molecule has 2 aromatic heterocycles. The van der Waals surface area contributed by atoms with Gasteiger partial charge in [0.15, 0.2) is 0 Å². The number of thiophene rings is 1. The van der Waals surface area contributed by atoms with Gasteiger partial charge in [-0.1, -0.05) is 6.92 Å². The quantitative estimate of drug-likeness (QED) is 0.917. The van der Waals surface area contributed by atoms with Gasteiger partial charge in [0.05, 0.1) is 12.6 Å². The topological polar surface area (TPSA) is 47.1 Å². The van der Waals surface area contributed by atoms with Crippen LogP contribution in [0.4, 0.5) is 0 Å². The van der Waals surface area contributed by atoms with E-state index in [0.29, 0.717) is 0 Å². The van der Waals surface area contributed by atoms with Crippen molar-refractivity contribution in [3.05, 3.63) is 39.0 Å². The predicted octanol–water partition coefficient (Wildman–Crippen LogP) is 3.00. The molecule has 0 bridgehead atoms. The average molecular weight is 355 g/mol. The smallest absolute Gasteiger partial charge is 0.122 e. The van der Waals surface area contributed by atoms with E-state index >= 15 is 0 Å². The molecule has 1 aliphatic rings. The molecular weight excluding hydrogens is 336 g/mol. The predicted molar refractivity (Wildman–Crippen MR) is 85.7 cm³/mol. The lowest BCUT2D eigenvalue weighted by molar-refractivity contribution is 0.132. The Hall–Kier alpha value is -0.690. The summed E-state index contributed by atoms with van der Waals surface area (Å²) in [5.41, 5.74) is 6.41. The van der Waals surface area contributed by atoms with Gasteiger partial charge in [-0.3, -0.25) is 4.90 Å². The van der Waals surface area contributed by atoms with Crippen molar-refractivity contribution in [1.29, 1.82) is 0 Å². The molecule has 2 atom stereocenters. The van der Waals surface area contributed by atoms with E-state index in [4.69, 9.17) is 5.73 Å². The Balaban J connectivity index is 1.87. The van der Waals surface area contributed by atoms with Crippen molar-refractivity contribution in [2.75, 3.05) is 6.54 Å². The molecule has 3 heterocycles. The minimum absolute atomic E-state index is 0.155. The zero-order valence-corrected chi connectivity index (χ0v) is 13.9. The van der Waals surface area contributed by atoms with Crippen LogP contribution < -0.4 is 5.73 Å². The largest absolute Gasteiger partial charge is 0.333 e. The molecule has 6 heteroatoms. The van der Waals surface area contributed by atoms with Crippen molar-refractivity contribution in [2.45, 2.75) is 38.5 Å². The molecule has 0 radical (unpaired) electrons. The maximum absolute atomic E-state index is 6.41. The Bertz CT molecular complexity index is 579. The van der Waals surface area contributed by atoms with Gasteiger partial charge >= 0.3 is 0 Å². The number of hydrogen-bond donors (Lipinski definition) is 1. The number of nitrogens with two attached hydrogens (primary N) is 1. The third-order valence-corrected chi connectivity index (χ3v) is 5.69. The van der Waals surface area contributed by atoms with Crippen molar-refractivity contribution < 1.29 is 0 Å². The zero-order valence-electron chi connectivity index (χ0n) is 11.5. The summed E-state index contributed by atoms with van der Waals surface area (Å²) in [5, 5.41) is 2.13. The Morgan fingerprint density at radius 2 is 2.35 bits per heavy atom. The van der Waals surface area contributed by atoms with Crippen molar-refractivity contribution in [3.8, 4) is 0 Å². The minimum atomic E-state index is 0.155. The van der Waals surface area contributed by atoms with Crippen molar-refractivity contribution in [1.82, 2.24) is 14.5 Å². The van der Waals surface area contributed by atoms with Crippen LogP contribution in [0.5, 0.6) is 0 Å². The lowest BCUT2D eigenvalue weighted by Gasteiger charge is -2.37. The van der Waals surface area contributed by atoms with Crippen molar-refractivity contribution >= 4 is 27.3 Å². The molecule has 20 heavy (non-hydrogen) atoms. The van der Waals surface area contributed by atoms with Crippen LogP contribution in [0.25, 0.3) is 0 Å². The van der Waals surface area contributed by atoms with Gasteiger partial charge in [-0.15, -0.1) is 11.3 Å². The van der Waals surface area contributed by atoms with E-state index in [9.17, 15) is 0 Å². The van der Waals surface area contributed by atoms with Crippen LogP contribution in [0.3, 0.4) is 0 Å². The second kappa shape index (κ2) is 5.97. The Morgan fingerprint density at radius 3 is 3.05 bits per heavy atom. The van der Waals surface area contributed by atoms with Crippen molar-refractivity contribution in [3.63, 3.8) is 0 Å². The standard InChI is InChI=1S/C14H19BrN4S/c1-2-11(16)14(12-7-10(15)9-20-12)19-6-5-18-4-3-17-13(18)8-19/h3-4,7,9,11,14H,2,5-6,8,16H2,1H3. The van der Waals surface area contributed by atoms with E-state index in [1.807, 2.05) is 6.20 Å². The van der Waals surface area contributed by atoms with Gasteiger partial charge in [0.25, 0.3) is 0 Å². The van der Waals surface area contributed by atoms with E-state index < -0.39 is 0 Å². The molecular formula is C14H19BrN4S. The van der Waals surface area contributed by atoms with Crippen LogP contribution in [0.1, 0.15) is 30.1 Å². The lowest BCUT2D eigenvalue weighted by atomic mass is 10.0. The number of halogens is 1. The Labute approximate surface area is 131 Å². The number of fused-ring (bicyclic) bond motifs is 1. The van der Waals surface area contributed by atoms with E-state index in [1.54, 1.807) is 11.3 Å². The fraction of sp³-hybridized carbons (Fsp3) is 0.500. The van der Waals surface area contributed by atoms with Crippen LogP contribution in [0.15, 0.2) is 28.3 Å². The molecule has 108 valence electrons. The fourth-order valence-electron chi connectivity index (χ4n) is 2.80. The van der Waals surface area contributed by atoms with Gasteiger partial charge in [-0.2, -0.15) is 0 Å². The molecule has 0 amide bonds. The summed E-state index contributed by atoms with van der Waals surface area (Å²) < 4.78 is 3.37. The summed E-state index contributed by atoms with van der Waals surface area (Å²) in [6.07, 6.45) is 4.92. The first kappa shape index (κ1) is 14.3. The highest BCUT2D eigenvalue weighted by atomic mass is 79.9. The Morgan fingerprint density at radius 1 is 1.50 bits per heavy atom. The second-order valence-corrected chi connectivity index (χ2v) is 7.05. The highest BCUT2D eigenvalue weighted by Crippen LogP contribution is 2.34. The van der Waals surface area contributed by atoms with Gasteiger partial charge in [0.2, 0.25) is 0 Å². The van der Waals surface area contributed by atoms with E-state index in [2.05, 4.69) is 54.9 Å². The number of imidazole rings is 1. The second-order valence-electron chi connectivity index (χ2n) is 5.19. The molecule has 0 spiro atoms. The molecule has 0 aliphatic carbocycles. The number of aromatic nitrogens is 2. The molecule has 1 aliphatic heterocycles. The summed E-state index contributed by atoms with van der Waals surface area (Å²) in [4.78, 5) is 8.25. The van der Waals surface area contributed by atoms with Crippen LogP contribution in [-0.2, 0) is 13.1 Å². The van der Waals surface area contributed by atoms with E-state index in [0.717, 1.165) is 36.4 Å². The molecule has 2 unspecified atom stereocenters. The summed E-state index contributed by atoms with van der Waals surface area (Å²) in [5.74, 6) is 1.14. The SMILES string of the molecule is CCC(N)C(c1cc(Br)cs1)N1CCn2ccnc2C1. The van der Waals surface area contributed by atoms with Crippen LogP contribution >= 0.6 is 27.3 Å². The summed E-state index contributed by atoms with van der Waals surface area (Å²) >= 11 is 5.33. The summed E-state index contributed by atoms with van der Waals surface area (Å²) in [7, 11) is 0. The molecule has 3 rings (SSSR count). The number of rotatable bonds is 4. The maximum Gasteiger partial charge on any atom is 0.122 e. The van der Waals surface area contributed by atoms with Crippen LogP contribution in [-0.4, -0.2) is 27.0 Å². The third kappa shape index (κ3) is 2.70. The molecule has 0 saturated carbocycles. The molecule has 0 fully saturated rings. The van der Waals surface area contributed by atoms with E-state index in [1.165, 1.54) is 4.88 Å². The normalized spacial score (nSPS) is 18.8. The minimum Gasteiger partial charge on any atom is -0.333 e. The lowest BCUT2D eigenvalue weighted by Crippen LogP contribution is -2.44. The van der Waals surface area contributed by atoms with Crippen LogP contribution in [0.2, 0.25) is 0 Å². The highest BCUT2D eigenvalue weighted by Gasteiger charge is 2.30. The molecule has 0 saturated heterocycles. The molecule has 2 N–H and O–H groups in total.